The number of nitrogens with zero attached hydrogens (tertiary/aromatic N) is 2. The number of halogens is 1. The van der Waals surface area contributed by atoms with Gasteiger partial charge >= 0.3 is 0 Å². The molecule has 4 rings (SSSR count). The van der Waals surface area contributed by atoms with Crippen LogP contribution < -0.4 is 10.1 Å². The van der Waals surface area contributed by atoms with Crippen LogP contribution in [0.25, 0.3) is 10.2 Å². The summed E-state index contributed by atoms with van der Waals surface area (Å²) in [4.78, 5) is 8.44. The number of fused-ring (bicyclic) bond motifs is 1. The molecule has 7 heteroatoms. The number of hydrogen-bond donors (Lipinski definition) is 2. The minimum Gasteiger partial charge on any atom is -0.488 e. The van der Waals surface area contributed by atoms with E-state index in [2.05, 4.69) is 20.7 Å². The van der Waals surface area contributed by atoms with Gasteiger partial charge in [0.1, 0.15) is 12.1 Å². The van der Waals surface area contributed by atoms with Gasteiger partial charge in [0, 0.05) is 23.3 Å². The van der Waals surface area contributed by atoms with Crippen molar-refractivity contribution >= 4 is 38.8 Å². The molecule has 5 nitrogen and oxygen atoms in total. The van der Waals surface area contributed by atoms with Crippen LogP contribution in [-0.4, -0.2) is 27.3 Å². The Labute approximate surface area is 161 Å². The van der Waals surface area contributed by atoms with E-state index in [1.807, 2.05) is 24.4 Å². The molecule has 0 amide bonds. The second kappa shape index (κ2) is 7.78. The molecular formula is C19H20ClN3O2S. The van der Waals surface area contributed by atoms with Crippen molar-refractivity contribution in [3.63, 3.8) is 0 Å². The zero-order valence-corrected chi connectivity index (χ0v) is 15.8. The van der Waals surface area contributed by atoms with Crippen molar-refractivity contribution in [2.75, 3.05) is 5.32 Å². The van der Waals surface area contributed by atoms with Crippen molar-refractivity contribution in [1.29, 1.82) is 0 Å². The molecule has 0 spiro atoms. The van der Waals surface area contributed by atoms with Gasteiger partial charge in [-0.2, -0.15) is 0 Å². The molecule has 2 aromatic heterocycles. The molecule has 0 aliphatic heterocycles. The average molecular weight is 390 g/mol. The van der Waals surface area contributed by atoms with Crippen LogP contribution in [0, 0.1) is 0 Å². The van der Waals surface area contributed by atoms with Crippen LogP contribution in [0.1, 0.15) is 31.2 Å². The standard InChI is InChI=1S/C19H20ClN3O2S/c20-13-1-6-17(25-15-4-2-14(24)3-5-15)16(7-13)22-8-12-10-26-18-9-21-11-23-19(12)18/h1,6-7,9-11,14-15,22,24H,2-5,8H2. The third kappa shape index (κ3) is 3.92. The fourth-order valence-electron chi connectivity index (χ4n) is 3.24. The molecule has 0 bridgehead atoms. The zero-order chi connectivity index (χ0) is 17.9. The van der Waals surface area contributed by atoms with Gasteiger partial charge in [-0.3, -0.25) is 0 Å². The molecule has 0 radical (unpaired) electrons. The van der Waals surface area contributed by atoms with Crippen LogP contribution in [0.4, 0.5) is 5.69 Å². The Morgan fingerprint density at radius 3 is 2.96 bits per heavy atom. The second-order valence-corrected chi connectivity index (χ2v) is 7.89. The Kier molecular flexibility index (Phi) is 5.24. The van der Waals surface area contributed by atoms with Gasteiger partial charge in [0.15, 0.2) is 0 Å². The average Bonchev–Trinajstić information content (AvgIpc) is 3.07. The van der Waals surface area contributed by atoms with E-state index in [1.54, 1.807) is 17.7 Å². The van der Waals surface area contributed by atoms with E-state index < -0.39 is 0 Å². The number of ether oxygens (including phenoxy) is 1. The lowest BCUT2D eigenvalue weighted by Crippen LogP contribution is -2.26. The highest BCUT2D eigenvalue weighted by molar-refractivity contribution is 7.17. The molecule has 1 saturated carbocycles. The molecule has 1 aliphatic carbocycles. The maximum absolute atomic E-state index is 9.67. The number of aliphatic hydroxyl groups excluding tert-OH is 1. The molecule has 3 aromatic rings. The van der Waals surface area contributed by atoms with Gasteiger partial charge in [-0.15, -0.1) is 11.3 Å². The van der Waals surface area contributed by atoms with Crippen molar-refractivity contribution in [2.45, 2.75) is 44.4 Å². The van der Waals surface area contributed by atoms with E-state index in [-0.39, 0.29) is 12.2 Å². The predicted molar refractivity (Wildman–Crippen MR) is 105 cm³/mol. The summed E-state index contributed by atoms with van der Waals surface area (Å²) in [5.41, 5.74) is 2.97. The molecular weight excluding hydrogens is 370 g/mol. The third-order valence-electron chi connectivity index (χ3n) is 4.66. The van der Waals surface area contributed by atoms with Crippen molar-refractivity contribution in [1.82, 2.24) is 9.97 Å². The van der Waals surface area contributed by atoms with Gasteiger partial charge in [0.05, 0.1) is 28.1 Å². The highest BCUT2D eigenvalue weighted by atomic mass is 35.5. The van der Waals surface area contributed by atoms with E-state index in [0.717, 1.165) is 52.9 Å². The first-order valence-corrected chi connectivity index (χ1v) is 9.99. The van der Waals surface area contributed by atoms with Gasteiger partial charge in [-0.25, -0.2) is 9.97 Å². The summed E-state index contributed by atoms with van der Waals surface area (Å²) in [6.07, 6.45) is 6.68. The fraction of sp³-hybridized carbons (Fsp3) is 0.368. The monoisotopic (exact) mass is 389 g/mol. The number of rotatable bonds is 5. The predicted octanol–water partition coefficient (Wildman–Crippen LogP) is 4.64. The number of hydrogen-bond acceptors (Lipinski definition) is 6. The maximum atomic E-state index is 9.67. The number of benzene rings is 1. The SMILES string of the molecule is OC1CCC(Oc2ccc(Cl)cc2NCc2csc3cncnc23)CC1. The fourth-order valence-corrected chi connectivity index (χ4v) is 4.29. The molecule has 26 heavy (non-hydrogen) atoms. The summed E-state index contributed by atoms with van der Waals surface area (Å²) in [6.45, 7) is 0.636. The van der Waals surface area contributed by atoms with Crippen molar-refractivity contribution in [3.8, 4) is 5.75 Å². The lowest BCUT2D eigenvalue weighted by molar-refractivity contribution is 0.0669. The summed E-state index contributed by atoms with van der Waals surface area (Å²) in [6, 6.07) is 5.63. The van der Waals surface area contributed by atoms with Gasteiger partial charge < -0.3 is 15.2 Å². The Morgan fingerprint density at radius 2 is 2.12 bits per heavy atom. The Morgan fingerprint density at radius 1 is 1.27 bits per heavy atom. The van der Waals surface area contributed by atoms with Crippen molar-refractivity contribution in [2.24, 2.45) is 0 Å². The molecule has 2 N–H and O–H groups in total. The topological polar surface area (TPSA) is 67.3 Å². The normalized spacial score (nSPS) is 20.2. The van der Waals surface area contributed by atoms with Crippen LogP contribution in [0.3, 0.4) is 0 Å². The molecule has 136 valence electrons. The smallest absolute Gasteiger partial charge is 0.142 e. The van der Waals surface area contributed by atoms with Gasteiger partial charge in [-0.05, 0) is 49.3 Å². The zero-order valence-electron chi connectivity index (χ0n) is 14.2. The molecule has 0 unspecified atom stereocenters. The maximum Gasteiger partial charge on any atom is 0.142 e. The summed E-state index contributed by atoms with van der Waals surface area (Å²) in [5, 5.41) is 15.9. The summed E-state index contributed by atoms with van der Waals surface area (Å²) >= 11 is 7.83. The van der Waals surface area contributed by atoms with Crippen LogP contribution in [-0.2, 0) is 6.54 Å². The minimum absolute atomic E-state index is 0.134. The van der Waals surface area contributed by atoms with Gasteiger partial charge in [0.2, 0.25) is 0 Å². The summed E-state index contributed by atoms with van der Waals surface area (Å²) in [5.74, 6) is 0.796. The molecule has 0 atom stereocenters. The van der Waals surface area contributed by atoms with E-state index in [0.29, 0.717) is 11.6 Å². The highest BCUT2D eigenvalue weighted by Crippen LogP contribution is 2.33. The first kappa shape index (κ1) is 17.5. The highest BCUT2D eigenvalue weighted by Gasteiger charge is 2.21. The summed E-state index contributed by atoms with van der Waals surface area (Å²) in [7, 11) is 0. The number of anilines is 1. The van der Waals surface area contributed by atoms with E-state index in [1.165, 1.54) is 0 Å². The van der Waals surface area contributed by atoms with Crippen LogP contribution in [0.15, 0.2) is 36.1 Å². The molecule has 0 saturated heterocycles. The van der Waals surface area contributed by atoms with E-state index >= 15 is 0 Å². The third-order valence-corrected chi connectivity index (χ3v) is 5.85. The van der Waals surface area contributed by atoms with Crippen LogP contribution in [0.5, 0.6) is 5.75 Å². The summed E-state index contributed by atoms with van der Waals surface area (Å²) < 4.78 is 7.27. The largest absolute Gasteiger partial charge is 0.488 e. The van der Waals surface area contributed by atoms with Crippen molar-refractivity contribution < 1.29 is 9.84 Å². The lowest BCUT2D eigenvalue weighted by Gasteiger charge is -2.27. The number of aromatic nitrogens is 2. The Bertz CT molecular complexity index is 893. The quantitative estimate of drug-likeness (QED) is 0.665. The Hall–Kier alpha value is -1.89. The van der Waals surface area contributed by atoms with Crippen molar-refractivity contribution in [3.05, 3.63) is 46.7 Å². The van der Waals surface area contributed by atoms with Crippen LogP contribution >= 0.6 is 22.9 Å². The number of aliphatic hydroxyl groups is 1. The first-order chi connectivity index (χ1) is 12.7. The van der Waals surface area contributed by atoms with Crippen LogP contribution in [0.2, 0.25) is 5.02 Å². The first-order valence-electron chi connectivity index (χ1n) is 8.73. The number of thiophene rings is 1. The molecule has 1 aliphatic rings. The van der Waals surface area contributed by atoms with E-state index in [9.17, 15) is 5.11 Å². The molecule has 1 fully saturated rings. The lowest BCUT2D eigenvalue weighted by atomic mass is 9.95. The Balaban J connectivity index is 1.49. The second-order valence-electron chi connectivity index (χ2n) is 6.54. The molecule has 1 aromatic carbocycles. The number of nitrogens with one attached hydrogen (secondary N) is 1. The van der Waals surface area contributed by atoms with E-state index in [4.69, 9.17) is 16.3 Å². The molecule has 2 heterocycles. The van der Waals surface area contributed by atoms with Gasteiger partial charge in [0.25, 0.3) is 0 Å². The minimum atomic E-state index is -0.188. The van der Waals surface area contributed by atoms with Gasteiger partial charge in [-0.1, -0.05) is 11.6 Å².